The fraction of sp³-hybridized carbons (Fsp3) is 0.538. The fourth-order valence-corrected chi connectivity index (χ4v) is 1.62. The number of halogens is 2. The zero-order valence-corrected chi connectivity index (χ0v) is 10.2. The van der Waals surface area contributed by atoms with Crippen molar-refractivity contribution in [2.75, 3.05) is 26.7 Å². The summed E-state index contributed by atoms with van der Waals surface area (Å²) in [7, 11) is 1.94. The molecular formula is C13H20F2N2. The minimum Gasteiger partial charge on any atom is -0.320 e. The highest BCUT2D eigenvalue weighted by Crippen LogP contribution is 2.09. The van der Waals surface area contributed by atoms with Crippen LogP contribution in [0.1, 0.15) is 18.4 Å². The van der Waals surface area contributed by atoms with Gasteiger partial charge in [0.25, 0.3) is 0 Å². The summed E-state index contributed by atoms with van der Waals surface area (Å²) in [6, 6.07) is 3.74. The van der Waals surface area contributed by atoms with Crippen molar-refractivity contribution in [1.82, 2.24) is 10.6 Å². The maximum absolute atomic E-state index is 13.3. The predicted molar refractivity (Wildman–Crippen MR) is 66.1 cm³/mol. The van der Waals surface area contributed by atoms with Crippen LogP contribution in [0.15, 0.2) is 18.2 Å². The van der Waals surface area contributed by atoms with E-state index in [-0.39, 0.29) is 0 Å². The molecule has 4 heteroatoms. The van der Waals surface area contributed by atoms with Gasteiger partial charge in [-0.25, -0.2) is 8.78 Å². The summed E-state index contributed by atoms with van der Waals surface area (Å²) in [6.07, 6.45) is 2.83. The van der Waals surface area contributed by atoms with Crippen LogP contribution in [0.25, 0.3) is 0 Å². The molecular weight excluding hydrogens is 222 g/mol. The van der Waals surface area contributed by atoms with Crippen LogP contribution in [0.4, 0.5) is 8.78 Å². The van der Waals surface area contributed by atoms with E-state index < -0.39 is 11.6 Å². The first-order valence-electron chi connectivity index (χ1n) is 6.03. The molecule has 0 atom stereocenters. The smallest absolute Gasteiger partial charge is 0.129 e. The van der Waals surface area contributed by atoms with Gasteiger partial charge in [-0.3, -0.25) is 0 Å². The van der Waals surface area contributed by atoms with E-state index in [1.807, 2.05) is 7.05 Å². The molecule has 1 aromatic carbocycles. The van der Waals surface area contributed by atoms with Gasteiger partial charge in [0.05, 0.1) is 0 Å². The van der Waals surface area contributed by atoms with E-state index >= 15 is 0 Å². The Bertz CT molecular complexity index is 329. The van der Waals surface area contributed by atoms with Gasteiger partial charge in [0.2, 0.25) is 0 Å². The summed E-state index contributed by atoms with van der Waals surface area (Å²) in [5.74, 6) is -0.978. The number of benzene rings is 1. The third kappa shape index (κ3) is 5.75. The molecule has 0 unspecified atom stereocenters. The van der Waals surface area contributed by atoms with Gasteiger partial charge >= 0.3 is 0 Å². The zero-order chi connectivity index (χ0) is 12.5. The molecule has 0 spiro atoms. The summed E-state index contributed by atoms with van der Waals surface area (Å²) in [6.45, 7) is 2.68. The van der Waals surface area contributed by atoms with Crippen LogP contribution in [0.3, 0.4) is 0 Å². The van der Waals surface area contributed by atoms with Crippen molar-refractivity contribution in [2.24, 2.45) is 0 Å². The number of hydrogen-bond acceptors (Lipinski definition) is 2. The van der Waals surface area contributed by atoms with E-state index in [2.05, 4.69) is 10.6 Å². The van der Waals surface area contributed by atoms with Crippen LogP contribution in [0, 0.1) is 11.6 Å². The lowest BCUT2D eigenvalue weighted by Crippen LogP contribution is -2.20. The molecule has 17 heavy (non-hydrogen) atoms. The van der Waals surface area contributed by atoms with Crippen molar-refractivity contribution >= 4 is 0 Å². The third-order valence-corrected chi connectivity index (χ3v) is 2.62. The maximum atomic E-state index is 13.3. The second-order valence-electron chi connectivity index (χ2n) is 4.05. The van der Waals surface area contributed by atoms with Crippen molar-refractivity contribution in [1.29, 1.82) is 0 Å². The zero-order valence-electron chi connectivity index (χ0n) is 10.2. The molecule has 96 valence electrons. The molecule has 0 fully saturated rings. The Morgan fingerprint density at radius 2 is 1.82 bits per heavy atom. The highest BCUT2D eigenvalue weighted by Gasteiger charge is 2.02. The third-order valence-electron chi connectivity index (χ3n) is 2.62. The molecule has 0 heterocycles. The monoisotopic (exact) mass is 242 g/mol. The summed E-state index contributed by atoms with van der Waals surface area (Å²) >= 11 is 0. The Hall–Kier alpha value is -1.00. The second kappa shape index (κ2) is 8.14. The Labute approximate surface area is 101 Å². The van der Waals surface area contributed by atoms with Crippen LogP contribution in [-0.4, -0.2) is 26.7 Å². The number of hydrogen-bond donors (Lipinski definition) is 2. The lowest BCUT2D eigenvalue weighted by atomic mass is 10.1. The topological polar surface area (TPSA) is 24.1 Å². The summed E-state index contributed by atoms with van der Waals surface area (Å²) in [5.41, 5.74) is 0.564. The van der Waals surface area contributed by atoms with Crippen molar-refractivity contribution in [3.63, 3.8) is 0 Å². The van der Waals surface area contributed by atoms with Crippen molar-refractivity contribution in [3.05, 3.63) is 35.4 Å². The Balaban J connectivity index is 2.14. The second-order valence-corrected chi connectivity index (χ2v) is 4.05. The van der Waals surface area contributed by atoms with Crippen molar-refractivity contribution in [3.8, 4) is 0 Å². The average Bonchev–Trinajstić information content (AvgIpc) is 2.30. The van der Waals surface area contributed by atoms with Gasteiger partial charge in [-0.2, -0.15) is 0 Å². The van der Waals surface area contributed by atoms with Crippen LogP contribution < -0.4 is 10.6 Å². The molecule has 2 N–H and O–H groups in total. The van der Waals surface area contributed by atoms with Gasteiger partial charge < -0.3 is 10.6 Å². The summed E-state index contributed by atoms with van der Waals surface area (Å²) in [5, 5.41) is 6.33. The normalized spacial score (nSPS) is 10.8. The predicted octanol–water partition coefficient (Wildman–Crippen LogP) is 2.10. The summed E-state index contributed by atoms with van der Waals surface area (Å²) < 4.78 is 25.9. The van der Waals surface area contributed by atoms with Crippen LogP contribution >= 0.6 is 0 Å². The van der Waals surface area contributed by atoms with Gasteiger partial charge in [0, 0.05) is 6.07 Å². The number of unbranched alkanes of at least 4 members (excludes halogenated alkanes) is 1. The maximum Gasteiger partial charge on any atom is 0.129 e. The van der Waals surface area contributed by atoms with Gasteiger partial charge in [-0.1, -0.05) is 6.07 Å². The first kappa shape index (κ1) is 14.1. The molecule has 1 rings (SSSR count). The molecule has 0 aliphatic heterocycles. The van der Waals surface area contributed by atoms with Crippen molar-refractivity contribution in [2.45, 2.75) is 19.3 Å². The standard InChI is InChI=1S/C13H20F2N2/c1-16-7-2-3-8-17-9-6-11-4-5-12(14)10-13(11)15/h4-5,10,16-17H,2-3,6-9H2,1H3. The lowest BCUT2D eigenvalue weighted by molar-refractivity contribution is 0.562. The molecule has 0 saturated heterocycles. The van der Waals surface area contributed by atoms with E-state index in [1.54, 1.807) is 0 Å². The highest BCUT2D eigenvalue weighted by molar-refractivity contribution is 5.18. The minimum atomic E-state index is -0.522. The molecule has 1 aromatic rings. The number of nitrogens with one attached hydrogen (secondary N) is 2. The average molecular weight is 242 g/mol. The molecule has 0 aliphatic rings. The molecule has 0 aromatic heterocycles. The van der Waals surface area contributed by atoms with Gasteiger partial charge in [0.1, 0.15) is 11.6 Å². The van der Waals surface area contributed by atoms with Crippen LogP contribution in [0.2, 0.25) is 0 Å². The highest BCUT2D eigenvalue weighted by atomic mass is 19.1. The molecule has 0 amide bonds. The van der Waals surface area contributed by atoms with E-state index in [9.17, 15) is 8.78 Å². The number of rotatable bonds is 8. The lowest BCUT2D eigenvalue weighted by Gasteiger charge is -2.06. The van der Waals surface area contributed by atoms with Crippen LogP contribution in [-0.2, 0) is 6.42 Å². The first-order chi connectivity index (χ1) is 8.24. The summed E-state index contributed by atoms with van der Waals surface area (Å²) in [4.78, 5) is 0. The van der Waals surface area contributed by atoms with E-state index in [1.165, 1.54) is 12.1 Å². The van der Waals surface area contributed by atoms with Gasteiger partial charge in [-0.15, -0.1) is 0 Å². The van der Waals surface area contributed by atoms with Crippen LogP contribution in [0.5, 0.6) is 0 Å². The molecule has 0 saturated carbocycles. The molecule has 0 radical (unpaired) electrons. The van der Waals surface area contributed by atoms with E-state index in [0.29, 0.717) is 12.0 Å². The quantitative estimate of drug-likeness (QED) is 0.682. The van der Waals surface area contributed by atoms with E-state index in [0.717, 1.165) is 38.5 Å². The van der Waals surface area contributed by atoms with Gasteiger partial charge in [0.15, 0.2) is 0 Å². The van der Waals surface area contributed by atoms with E-state index in [4.69, 9.17) is 0 Å². The Morgan fingerprint density at radius 1 is 1.06 bits per heavy atom. The largest absolute Gasteiger partial charge is 0.320 e. The van der Waals surface area contributed by atoms with Crippen molar-refractivity contribution < 1.29 is 8.78 Å². The SMILES string of the molecule is CNCCCCNCCc1ccc(F)cc1F. The molecule has 0 bridgehead atoms. The molecule has 2 nitrogen and oxygen atoms in total. The first-order valence-corrected chi connectivity index (χ1v) is 6.03. The minimum absolute atomic E-state index is 0.456. The fourth-order valence-electron chi connectivity index (χ4n) is 1.62. The van der Waals surface area contributed by atoms with Gasteiger partial charge in [-0.05, 0) is 57.6 Å². The Morgan fingerprint density at radius 3 is 2.53 bits per heavy atom. The molecule has 0 aliphatic carbocycles. The Kier molecular flexibility index (Phi) is 6.74.